The number of nitrogens with one attached hydrogen (secondary N) is 1. The van der Waals surface area contributed by atoms with E-state index in [0.29, 0.717) is 24.5 Å². The first-order valence-electron chi connectivity index (χ1n) is 8.42. The van der Waals surface area contributed by atoms with E-state index in [1.54, 1.807) is 0 Å². The third-order valence-corrected chi connectivity index (χ3v) is 4.41. The Balaban J connectivity index is 1.68. The molecule has 0 spiro atoms. The Labute approximate surface area is 123 Å². The molecule has 2 atom stereocenters. The van der Waals surface area contributed by atoms with Gasteiger partial charge in [0.1, 0.15) is 0 Å². The van der Waals surface area contributed by atoms with Crippen LogP contribution in [0.2, 0.25) is 0 Å². The summed E-state index contributed by atoms with van der Waals surface area (Å²) in [5.74, 6) is 0.321. The Morgan fingerprint density at radius 2 is 2.20 bits per heavy atom. The molecule has 116 valence electrons. The van der Waals surface area contributed by atoms with Crippen molar-refractivity contribution in [2.45, 2.75) is 70.4 Å². The average molecular weight is 282 g/mol. The van der Waals surface area contributed by atoms with E-state index in [0.717, 1.165) is 51.9 Å². The lowest BCUT2D eigenvalue weighted by Crippen LogP contribution is -2.48. The molecule has 2 fully saturated rings. The first-order valence-corrected chi connectivity index (χ1v) is 8.42. The maximum atomic E-state index is 12.3. The van der Waals surface area contributed by atoms with E-state index in [1.807, 2.05) is 0 Å². The van der Waals surface area contributed by atoms with Crippen molar-refractivity contribution in [3.05, 3.63) is 0 Å². The van der Waals surface area contributed by atoms with Crippen LogP contribution < -0.4 is 5.32 Å². The molecule has 2 saturated heterocycles. The molecule has 1 amide bonds. The van der Waals surface area contributed by atoms with E-state index in [-0.39, 0.29) is 0 Å². The van der Waals surface area contributed by atoms with Crippen molar-refractivity contribution < 1.29 is 9.53 Å². The Kier molecular flexibility index (Phi) is 6.80. The lowest BCUT2D eigenvalue weighted by Gasteiger charge is -2.34. The molecule has 2 heterocycles. The van der Waals surface area contributed by atoms with E-state index in [1.165, 1.54) is 19.3 Å². The van der Waals surface area contributed by atoms with Crippen LogP contribution in [0.4, 0.5) is 0 Å². The summed E-state index contributed by atoms with van der Waals surface area (Å²) in [6.07, 6.45) is 8.95. The zero-order valence-corrected chi connectivity index (χ0v) is 12.9. The fourth-order valence-corrected chi connectivity index (χ4v) is 3.20. The Hall–Kier alpha value is -0.610. The third kappa shape index (κ3) is 5.06. The van der Waals surface area contributed by atoms with Crippen LogP contribution in [0.15, 0.2) is 0 Å². The standard InChI is InChI=1S/C16H30N2O2/c1-2-10-17-14-6-5-11-18(13-14)16(19)9-8-15-7-3-4-12-20-15/h14-15,17H,2-13H2,1H3. The molecule has 0 aliphatic carbocycles. The average Bonchev–Trinajstić information content (AvgIpc) is 2.52. The highest BCUT2D eigenvalue weighted by Crippen LogP contribution is 2.18. The number of nitrogens with zero attached hydrogens (tertiary/aromatic N) is 1. The topological polar surface area (TPSA) is 41.6 Å². The number of rotatable bonds is 6. The molecule has 0 aromatic rings. The van der Waals surface area contributed by atoms with Gasteiger partial charge in [0.15, 0.2) is 0 Å². The number of carbonyl (C=O) groups excluding carboxylic acids is 1. The first-order chi connectivity index (χ1) is 9.79. The number of hydrogen-bond donors (Lipinski definition) is 1. The molecule has 2 aliphatic heterocycles. The van der Waals surface area contributed by atoms with Gasteiger partial charge in [-0.2, -0.15) is 0 Å². The van der Waals surface area contributed by atoms with Crippen LogP contribution in [-0.2, 0) is 9.53 Å². The van der Waals surface area contributed by atoms with E-state index in [4.69, 9.17) is 4.74 Å². The largest absolute Gasteiger partial charge is 0.378 e. The van der Waals surface area contributed by atoms with Gasteiger partial charge in [0.05, 0.1) is 6.10 Å². The van der Waals surface area contributed by atoms with Crippen LogP contribution in [0.3, 0.4) is 0 Å². The molecule has 0 bridgehead atoms. The summed E-state index contributed by atoms with van der Waals surface area (Å²) in [5, 5.41) is 3.54. The summed E-state index contributed by atoms with van der Waals surface area (Å²) >= 11 is 0. The van der Waals surface area contributed by atoms with Crippen molar-refractivity contribution in [1.82, 2.24) is 10.2 Å². The molecular formula is C16H30N2O2. The van der Waals surface area contributed by atoms with Gasteiger partial charge < -0.3 is 15.0 Å². The molecule has 1 N–H and O–H groups in total. The highest BCUT2D eigenvalue weighted by atomic mass is 16.5. The smallest absolute Gasteiger partial charge is 0.222 e. The van der Waals surface area contributed by atoms with Crippen molar-refractivity contribution in [1.29, 1.82) is 0 Å². The van der Waals surface area contributed by atoms with E-state index < -0.39 is 0 Å². The van der Waals surface area contributed by atoms with Gasteiger partial charge in [-0.05, 0) is 51.5 Å². The van der Waals surface area contributed by atoms with Crippen LogP contribution in [0.5, 0.6) is 0 Å². The van der Waals surface area contributed by atoms with Crippen molar-refractivity contribution in [3.8, 4) is 0 Å². The van der Waals surface area contributed by atoms with Crippen molar-refractivity contribution in [2.75, 3.05) is 26.2 Å². The molecule has 0 radical (unpaired) electrons. The summed E-state index contributed by atoms with van der Waals surface area (Å²) in [6.45, 7) is 5.95. The number of ether oxygens (including phenoxy) is 1. The number of likely N-dealkylation sites (tertiary alicyclic amines) is 1. The molecule has 2 rings (SSSR count). The van der Waals surface area contributed by atoms with Crippen LogP contribution in [0, 0.1) is 0 Å². The van der Waals surface area contributed by atoms with Gasteiger partial charge in [-0.1, -0.05) is 6.92 Å². The highest BCUT2D eigenvalue weighted by molar-refractivity contribution is 5.76. The predicted octanol–water partition coefficient (Wildman–Crippen LogP) is 2.33. The van der Waals surface area contributed by atoms with Gasteiger partial charge in [-0.15, -0.1) is 0 Å². The lowest BCUT2D eigenvalue weighted by molar-refractivity contribution is -0.133. The minimum Gasteiger partial charge on any atom is -0.378 e. The summed E-state index contributed by atoms with van der Waals surface area (Å²) in [4.78, 5) is 14.4. The van der Waals surface area contributed by atoms with E-state index in [9.17, 15) is 4.79 Å². The Morgan fingerprint density at radius 1 is 1.30 bits per heavy atom. The predicted molar refractivity (Wildman–Crippen MR) is 80.7 cm³/mol. The Bertz CT molecular complexity index is 290. The summed E-state index contributed by atoms with van der Waals surface area (Å²) < 4.78 is 5.71. The van der Waals surface area contributed by atoms with E-state index in [2.05, 4.69) is 17.1 Å². The molecular weight excluding hydrogens is 252 g/mol. The third-order valence-electron chi connectivity index (χ3n) is 4.41. The van der Waals surface area contributed by atoms with Gasteiger partial charge in [-0.3, -0.25) is 4.79 Å². The van der Waals surface area contributed by atoms with Crippen LogP contribution in [-0.4, -0.2) is 49.2 Å². The lowest BCUT2D eigenvalue weighted by atomic mass is 10.0. The molecule has 4 nitrogen and oxygen atoms in total. The summed E-state index contributed by atoms with van der Waals surface area (Å²) in [6, 6.07) is 0.499. The zero-order chi connectivity index (χ0) is 14.2. The van der Waals surface area contributed by atoms with Crippen LogP contribution >= 0.6 is 0 Å². The minimum absolute atomic E-state index is 0.321. The van der Waals surface area contributed by atoms with Crippen molar-refractivity contribution in [2.24, 2.45) is 0 Å². The van der Waals surface area contributed by atoms with Gasteiger partial charge in [0.25, 0.3) is 0 Å². The van der Waals surface area contributed by atoms with Gasteiger partial charge in [0.2, 0.25) is 5.91 Å². The van der Waals surface area contributed by atoms with Crippen LogP contribution in [0.25, 0.3) is 0 Å². The molecule has 20 heavy (non-hydrogen) atoms. The molecule has 0 aromatic heterocycles. The Morgan fingerprint density at radius 3 is 2.95 bits per heavy atom. The van der Waals surface area contributed by atoms with Gasteiger partial charge in [0, 0.05) is 32.2 Å². The van der Waals surface area contributed by atoms with Gasteiger partial charge in [-0.25, -0.2) is 0 Å². The number of carbonyl (C=O) groups is 1. The maximum Gasteiger partial charge on any atom is 0.222 e. The number of piperidine rings is 1. The van der Waals surface area contributed by atoms with Crippen molar-refractivity contribution in [3.63, 3.8) is 0 Å². The SMILES string of the molecule is CCCNC1CCCN(C(=O)CCC2CCCCO2)C1. The summed E-state index contributed by atoms with van der Waals surface area (Å²) in [5.41, 5.74) is 0. The number of amides is 1. The number of hydrogen-bond acceptors (Lipinski definition) is 3. The van der Waals surface area contributed by atoms with Crippen LogP contribution in [0.1, 0.15) is 58.3 Å². The normalized spacial score (nSPS) is 27.6. The van der Waals surface area contributed by atoms with Crippen molar-refractivity contribution >= 4 is 5.91 Å². The molecule has 4 heteroatoms. The summed E-state index contributed by atoms with van der Waals surface area (Å²) in [7, 11) is 0. The molecule has 2 unspecified atom stereocenters. The first kappa shape index (κ1) is 15.8. The zero-order valence-electron chi connectivity index (χ0n) is 12.9. The quantitative estimate of drug-likeness (QED) is 0.813. The molecule has 0 aromatic carbocycles. The molecule has 0 saturated carbocycles. The monoisotopic (exact) mass is 282 g/mol. The van der Waals surface area contributed by atoms with Gasteiger partial charge >= 0.3 is 0 Å². The molecule has 2 aliphatic rings. The fraction of sp³-hybridized carbons (Fsp3) is 0.938. The second-order valence-corrected chi connectivity index (χ2v) is 6.16. The highest BCUT2D eigenvalue weighted by Gasteiger charge is 2.24. The minimum atomic E-state index is 0.321. The second-order valence-electron chi connectivity index (χ2n) is 6.16. The maximum absolute atomic E-state index is 12.3. The fourth-order valence-electron chi connectivity index (χ4n) is 3.20. The van der Waals surface area contributed by atoms with E-state index >= 15 is 0 Å². The second kappa shape index (κ2) is 8.63.